The van der Waals surface area contributed by atoms with Gasteiger partial charge in [0.25, 0.3) is 0 Å². The Kier molecular flexibility index (Phi) is 5.36. The van der Waals surface area contributed by atoms with E-state index in [0.717, 1.165) is 29.7 Å². The van der Waals surface area contributed by atoms with Crippen LogP contribution in [0.2, 0.25) is 0 Å². The summed E-state index contributed by atoms with van der Waals surface area (Å²) >= 11 is 0. The number of rotatable bonds is 5. The van der Waals surface area contributed by atoms with Crippen LogP contribution in [0.1, 0.15) is 37.8 Å². The van der Waals surface area contributed by atoms with Gasteiger partial charge in [-0.2, -0.15) is 0 Å². The maximum absolute atomic E-state index is 12.6. The molecular weight excluding hydrogens is 278 g/mol. The summed E-state index contributed by atoms with van der Waals surface area (Å²) in [6, 6.07) is 6.01. The Labute approximate surface area is 131 Å². The second-order valence-electron chi connectivity index (χ2n) is 5.64. The number of amides is 1. The van der Waals surface area contributed by atoms with E-state index in [9.17, 15) is 14.7 Å². The van der Waals surface area contributed by atoms with Gasteiger partial charge in [-0.15, -0.1) is 0 Å². The molecular formula is C18H23NO3. The lowest BCUT2D eigenvalue weighted by atomic mass is 9.82. The third kappa shape index (κ3) is 3.38. The first kappa shape index (κ1) is 16.3. The fraction of sp³-hybridized carbons (Fsp3) is 0.444. The fourth-order valence-electron chi connectivity index (χ4n) is 3.00. The van der Waals surface area contributed by atoms with E-state index in [-0.39, 0.29) is 5.91 Å². The normalized spacial score (nSPS) is 20.6. The Morgan fingerprint density at radius 2 is 1.64 bits per heavy atom. The molecule has 4 nitrogen and oxygen atoms in total. The highest BCUT2D eigenvalue weighted by Gasteiger charge is 2.34. The Hall–Kier alpha value is -2.10. The molecule has 0 heterocycles. The minimum Gasteiger partial charge on any atom is -0.481 e. The van der Waals surface area contributed by atoms with Crippen molar-refractivity contribution in [3.05, 3.63) is 41.5 Å². The van der Waals surface area contributed by atoms with E-state index in [1.54, 1.807) is 0 Å². The average Bonchev–Trinajstić information content (AvgIpc) is 2.54. The molecule has 0 saturated carbocycles. The van der Waals surface area contributed by atoms with Crippen molar-refractivity contribution in [2.24, 2.45) is 11.8 Å². The number of carboxylic acid groups (broad SMARTS) is 1. The second kappa shape index (κ2) is 7.25. The smallest absolute Gasteiger partial charge is 0.307 e. The van der Waals surface area contributed by atoms with Crippen molar-refractivity contribution < 1.29 is 14.7 Å². The van der Waals surface area contributed by atoms with Crippen molar-refractivity contribution >= 4 is 17.6 Å². The SMILES string of the molecule is CCc1cccc(CC)c1NC(=O)C1CC=CCC1C(=O)O. The van der Waals surface area contributed by atoms with Gasteiger partial charge in [0.2, 0.25) is 5.91 Å². The first-order valence-corrected chi connectivity index (χ1v) is 7.87. The Balaban J connectivity index is 2.25. The van der Waals surface area contributed by atoms with Crippen LogP contribution < -0.4 is 5.32 Å². The molecule has 0 spiro atoms. The van der Waals surface area contributed by atoms with Crippen LogP contribution in [-0.4, -0.2) is 17.0 Å². The number of carbonyl (C=O) groups is 2. The zero-order chi connectivity index (χ0) is 16.1. The molecule has 0 aliphatic heterocycles. The number of carbonyl (C=O) groups excluding carboxylic acids is 1. The molecule has 0 aromatic heterocycles. The van der Waals surface area contributed by atoms with Crippen molar-refractivity contribution in [1.82, 2.24) is 0 Å². The maximum atomic E-state index is 12.6. The lowest BCUT2D eigenvalue weighted by molar-refractivity contribution is -0.146. The summed E-state index contributed by atoms with van der Waals surface area (Å²) in [5.74, 6) is -2.22. The number of aliphatic carboxylic acids is 1. The number of para-hydroxylation sites is 1. The number of carboxylic acids is 1. The summed E-state index contributed by atoms with van der Waals surface area (Å²) in [5.41, 5.74) is 3.04. The summed E-state index contributed by atoms with van der Waals surface area (Å²) in [6.07, 6.45) is 6.31. The molecule has 1 aliphatic rings. The van der Waals surface area contributed by atoms with Gasteiger partial charge in [-0.1, -0.05) is 44.2 Å². The van der Waals surface area contributed by atoms with Gasteiger partial charge in [0.1, 0.15) is 0 Å². The topological polar surface area (TPSA) is 66.4 Å². The molecule has 1 aromatic carbocycles. The van der Waals surface area contributed by atoms with Crippen molar-refractivity contribution in [1.29, 1.82) is 0 Å². The van der Waals surface area contributed by atoms with Crippen LogP contribution in [0.15, 0.2) is 30.4 Å². The van der Waals surface area contributed by atoms with E-state index in [2.05, 4.69) is 5.32 Å². The Morgan fingerprint density at radius 1 is 1.09 bits per heavy atom. The standard InChI is InChI=1S/C18H23NO3/c1-3-12-8-7-9-13(4-2)16(12)19-17(20)14-10-5-6-11-15(14)18(21)22/h5-9,14-15H,3-4,10-11H2,1-2H3,(H,19,20)(H,21,22). The second-order valence-corrected chi connectivity index (χ2v) is 5.64. The van der Waals surface area contributed by atoms with Crippen LogP contribution in [0.3, 0.4) is 0 Å². The zero-order valence-corrected chi connectivity index (χ0v) is 13.1. The number of hydrogen-bond donors (Lipinski definition) is 2. The van der Waals surface area contributed by atoms with Crippen LogP contribution in [0, 0.1) is 11.8 Å². The lowest BCUT2D eigenvalue weighted by Crippen LogP contribution is -2.35. The number of anilines is 1. The summed E-state index contributed by atoms with van der Waals surface area (Å²) in [4.78, 5) is 24.0. The first-order chi connectivity index (χ1) is 10.6. The molecule has 2 unspecified atom stereocenters. The summed E-state index contributed by atoms with van der Waals surface area (Å²) in [7, 11) is 0. The number of nitrogens with one attached hydrogen (secondary N) is 1. The Bertz CT molecular complexity index is 570. The fourth-order valence-corrected chi connectivity index (χ4v) is 3.00. The molecule has 0 bridgehead atoms. The Morgan fingerprint density at radius 3 is 2.14 bits per heavy atom. The molecule has 2 rings (SSSR count). The van der Waals surface area contributed by atoms with Crippen molar-refractivity contribution in [3.8, 4) is 0 Å². The van der Waals surface area contributed by atoms with Crippen LogP contribution >= 0.6 is 0 Å². The molecule has 1 aromatic rings. The van der Waals surface area contributed by atoms with E-state index >= 15 is 0 Å². The minimum atomic E-state index is -0.899. The van der Waals surface area contributed by atoms with Crippen LogP contribution in [0.25, 0.3) is 0 Å². The minimum absolute atomic E-state index is 0.188. The summed E-state index contributed by atoms with van der Waals surface area (Å²) in [5, 5.41) is 12.3. The van der Waals surface area contributed by atoms with Crippen molar-refractivity contribution in [3.63, 3.8) is 0 Å². The van der Waals surface area contributed by atoms with Crippen LogP contribution in [0.5, 0.6) is 0 Å². The van der Waals surface area contributed by atoms with Gasteiger partial charge in [0, 0.05) is 5.69 Å². The van der Waals surface area contributed by atoms with Crippen LogP contribution in [0.4, 0.5) is 5.69 Å². The van der Waals surface area contributed by atoms with Gasteiger partial charge in [0.05, 0.1) is 11.8 Å². The molecule has 1 amide bonds. The quantitative estimate of drug-likeness (QED) is 0.819. The number of aryl methyl sites for hydroxylation is 2. The third-order valence-electron chi connectivity index (χ3n) is 4.33. The summed E-state index contributed by atoms with van der Waals surface area (Å²) < 4.78 is 0. The predicted molar refractivity (Wildman–Crippen MR) is 86.8 cm³/mol. The predicted octanol–water partition coefficient (Wildman–Crippen LogP) is 3.42. The van der Waals surface area contributed by atoms with Gasteiger partial charge < -0.3 is 10.4 Å². The molecule has 0 radical (unpaired) electrons. The zero-order valence-electron chi connectivity index (χ0n) is 13.1. The largest absolute Gasteiger partial charge is 0.481 e. The molecule has 2 atom stereocenters. The van der Waals surface area contributed by atoms with E-state index in [1.165, 1.54) is 0 Å². The van der Waals surface area contributed by atoms with Crippen molar-refractivity contribution in [2.75, 3.05) is 5.32 Å². The maximum Gasteiger partial charge on any atom is 0.307 e. The molecule has 4 heteroatoms. The highest BCUT2D eigenvalue weighted by molar-refractivity contribution is 5.96. The van der Waals surface area contributed by atoms with Gasteiger partial charge in [-0.3, -0.25) is 9.59 Å². The van der Waals surface area contributed by atoms with Gasteiger partial charge in [-0.25, -0.2) is 0 Å². The van der Waals surface area contributed by atoms with Gasteiger partial charge in [0.15, 0.2) is 0 Å². The van der Waals surface area contributed by atoms with E-state index in [0.29, 0.717) is 12.8 Å². The molecule has 0 saturated heterocycles. The molecule has 22 heavy (non-hydrogen) atoms. The number of hydrogen-bond acceptors (Lipinski definition) is 2. The first-order valence-electron chi connectivity index (χ1n) is 7.87. The highest BCUT2D eigenvalue weighted by atomic mass is 16.4. The van der Waals surface area contributed by atoms with E-state index in [4.69, 9.17) is 0 Å². The highest BCUT2D eigenvalue weighted by Crippen LogP contribution is 2.29. The number of benzene rings is 1. The van der Waals surface area contributed by atoms with Gasteiger partial charge >= 0.3 is 5.97 Å². The van der Waals surface area contributed by atoms with Gasteiger partial charge in [-0.05, 0) is 36.8 Å². The average molecular weight is 301 g/mol. The molecule has 2 N–H and O–H groups in total. The van der Waals surface area contributed by atoms with Crippen LogP contribution in [-0.2, 0) is 22.4 Å². The summed E-state index contributed by atoms with van der Waals surface area (Å²) in [6.45, 7) is 4.10. The third-order valence-corrected chi connectivity index (χ3v) is 4.33. The molecule has 1 aliphatic carbocycles. The lowest BCUT2D eigenvalue weighted by Gasteiger charge is -2.25. The monoisotopic (exact) mass is 301 g/mol. The molecule has 118 valence electrons. The number of allylic oxidation sites excluding steroid dienone is 2. The molecule has 0 fully saturated rings. The van der Waals surface area contributed by atoms with E-state index < -0.39 is 17.8 Å². The van der Waals surface area contributed by atoms with Crippen molar-refractivity contribution in [2.45, 2.75) is 39.5 Å². The van der Waals surface area contributed by atoms with E-state index in [1.807, 2.05) is 44.2 Å².